The molecule has 1 heterocycles. The molecule has 0 fully saturated rings. The number of fused-ring (bicyclic) bond motifs is 1. The van der Waals surface area contributed by atoms with Crippen LogP contribution in [-0.4, -0.2) is 38.4 Å². The molecule has 7 nitrogen and oxygen atoms in total. The molecule has 0 unspecified atom stereocenters. The number of amides is 1. The van der Waals surface area contributed by atoms with Gasteiger partial charge in [0, 0.05) is 11.1 Å². The van der Waals surface area contributed by atoms with Gasteiger partial charge in [0.15, 0.2) is 11.5 Å². The number of hydrazone groups is 1. The van der Waals surface area contributed by atoms with Crippen molar-refractivity contribution < 1.29 is 19.0 Å². The fraction of sp³-hybridized carbons (Fsp3) is 0.222. The number of benzene rings is 3. The van der Waals surface area contributed by atoms with E-state index in [1.54, 1.807) is 39.7 Å². The number of anilines is 1. The molecule has 0 N–H and O–H groups in total. The summed E-state index contributed by atoms with van der Waals surface area (Å²) in [7, 11) is 4.65. The first kappa shape index (κ1) is 24.2. The van der Waals surface area contributed by atoms with E-state index in [9.17, 15) is 4.79 Å². The molecule has 0 aliphatic rings. The van der Waals surface area contributed by atoms with Crippen LogP contribution in [0.1, 0.15) is 32.6 Å². The fourth-order valence-corrected chi connectivity index (χ4v) is 4.62. The number of carbonyl (C=O) groups excluding carboxylic acids is 1. The molecule has 0 bridgehead atoms. The van der Waals surface area contributed by atoms with Crippen LogP contribution in [0, 0.1) is 20.8 Å². The molecule has 4 rings (SSSR count). The lowest BCUT2D eigenvalue weighted by molar-refractivity contribution is 0.0987. The smallest absolute Gasteiger partial charge is 0.280 e. The van der Waals surface area contributed by atoms with Gasteiger partial charge in [0.05, 0.1) is 37.8 Å². The lowest BCUT2D eigenvalue weighted by Gasteiger charge is -2.15. The minimum absolute atomic E-state index is 0.271. The van der Waals surface area contributed by atoms with Crippen LogP contribution in [0.15, 0.2) is 53.6 Å². The van der Waals surface area contributed by atoms with E-state index in [-0.39, 0.29) is 5.91 Å². The van der Waals surface area contributed by atoms with Gasteiger partial charge >= 0.3 is 0 Å². The fourth-order valence-electron chi connectivity index (χ4n) is 3.60. The van der Waals surface area contributed by atoms with E-state index in [2.05, 4.69) is 16.2 Å². The Morgan fingerprint density at radius 2 is 1.63 bits per heavy atom. The van der Waals surface area contributed by atoms with Gasteiger partial charge in [-0.15, -0.1) is 0 Å². The maximum Gasteiger partial charge on any atom is 0.280 e. The van der Waals surface area contributed by atoms with Crippen LogP contribution >= 0.6 is 11.3 Å². The molecule has 35 heavy (non-hydrogen) atoms. The maximum absolute atomic E-state index is 13.6. The van der Waals surface area contributed by atoms with Gasteiger partial charge in [-0.25, -0.2) is 4.98 Å². The van der Waals surface area contributed by atoms with Gasteiger partial charge in [-0.1, -0.05) is 23.5 Å². The van der Waals surface area contributed by atoms with E-state index in [0.29, 0.717) is 33.5 Å². The molecule has 0 saturated heterocycles. The molecule has 0 aliphatic heterocycles. The number of carbonyl (C=O) groups is 1. The first-order valence-electron chi connectivity index (χ1n) is 11.0. The average molecular weight is 490 g/mol. The summed E-state index contributed by atoms with van der Waals surface area (Å²) < 4.78 is 17.3. The van der Waals surface area contributed by atoms with Crippen molar-refractivity contribution in [3.63, 3.8) is 0 Å². The average Bonchev–Trinajstić information content (AvgIpc) is 3.27. The van der Waals surface area contributed by atoms with Gasteiger partial charge in [-0.3, -0.25) is 4.79 Å². The third kappa shape index (κ3) is 4.97. The highest BCUT2D eigenvalue weighted by atomic mass is 32.1. The largest absolute Gasteiger partial charge is 0.493 e. The van der Waals surface area contributed by atoms with E-state index in [1.165, 1.54) is 16.3 Å². The van der Waals surface area contributed by atoms with Crippen LogP contribution in [0.3, 0.4) is 0 Å². The Labute approximate surface area is 208 Å². The van der Waals surface area contributed by atoms with Crippen LogP contribution in [0.5, 0.6) is 17.2 Å². The Hall–Kier alpha value is -3.91. The predicted molar refractivity (Wildman–Crippen MR) is 141 cm³/mol. The highest BCUT2D eigenvalue weighted by Gasteiger charge is 2.22. The molecule has 0 spiro atoms. The summed E-state index contributed by atoms with van der Waals surface area (Å²) in [5.74, 6) is 1.20. The minimum atomic E-state index is -0.271. The van der Waals surface area contributed by atoms with Gasteiger partial charge in [0.25, 0.3) is 5.91 Å². The van der Waals surface area contributed by atoms with Crippen molar-refractivity contribution >= 4 is 38.8 Å². The topological polar surface area (TPSA) is 73.2 Å². The summed E-state index contributed by atoms with van der Waals surface area (Å²) in [4.78, 5) is 18.3. The molecule has 4 aromatic rings. The van der Waals surface area contributed by atoms with Crippen LogP contribution in [0.2, 0.25) is 0 Å². The second-order valence-corrected chi connectivity index (χ2v) is 9.10. The number of rotatable bonds is 7. The summed E-state index contributed by atoms with van der Waals surface area (Å²) in [6.07, 6.45) is 1.58. The standard InChI is InChI=1S/C27H27N3O4S/c1-16-7-10-21-24(11-16)35-27(29-21)30(26(31)20-9-8-17(2)18(3)12-20)28-15-19-13-22(32-4)25(34-6)23(14-19)33-5/h7-15H,1-6H3/b28-15+. The lowest BCUT2D eigenvalue weighted by atomic mass is 10.1. The van der Waals surface area contributed by atoms with Crippen LogP contribution in [0.25, 0.3) is 10.2 Å². The number of aromatic nitrogens is 1. The van der Waals surface area contributed by atoms with E-state index in [4.69, 9.17) is 14.2 Å². The Morgan fingerprint density at radius 1 is 0.914 bits per heavy atom. The molecular weight excluding hydrogens is 462 g/mol. The third-order valence-electron chi connectivity index (χ3n) is 5.67. The second-order valence-electron chi connectivity index (χ2n) is 8.09. The van der Waals surface area contributed by atoms with Crippen molar-refractivity contribution in [1.29, 1.82) is 0 Å². The zero-order valence-corrected chi connectivity index (χ0v) is 21.4. The number of hydrogen-bond acceptors (Lipinski definition) is 7. The van der Waals surface area contributed by atoms with Crippen molar-refractivity contribution in [1.82, 2.24) is 4.98 Å². The van der Waals surface area contributed by atoms with Gasteiger partial charge in [-0.05, 0) is 73.9 Å². The van der Waals surface area contributed by atoms with Crippen molar-refractivity contribution in [3.8, 4) is 17.2 Å². The molecule has 1 amide bonds. The molecule has 1 aromatic heterocycles. The van der Waals surface area contributed by atoms with E-state index >= 15 is 0 Å². The second kappa shape index (κ2) is 10.1. The minimum Gasteiger partial charge on any atom is -0.493 e. The quantitative estimate of drug-likeness (QED) is 0.238. The molecule has 0 saturated carbocycles. The first-order chi connectivity index (χ1) is 16.8. The summed E-state index contributed by atoms with van der Waals surface area (Å²) in [6, 6.07) is 15.2. The zero-order valence-electron chi connectivity index (χ0n) is 20.6. The highest BCUT2D eigenvalue weighted by molar-refractivity contribution is 7.22. The Morgan fingerprint density at radius 3 is 2.26 bits per heavy atom. The van der Waals surface area contributed by atoms with Gasteiger partial charge < -0.3 is 14.2 Å². The Bertz CT molecular complexity index is 1400. The third-order valence-corrected chi connectivity index (χ3v) is 6.66. The lowest BCUT2D eigenvalue weighted by Crippen LogP contribution is -2.25. The zero-order chi connectivity index (χ0) is 25.1. The van der Waals surface area contributed by atoms with Crippen LogP contribution < -0.4 is 19.2 Å². The van der Waals surface area contributed by atoms with Crippen LogP contribution in [-0.2, 0) is 0 Å². The number of ether oxygens (including phenoxy) is 3. The molecular formula is C27H27N3O4S. The van der Waals surface area contributed by atoms with E-state index in [1.807, 2.05) is 51.1 Å². The Balaban J connectivity index is 1.80. The number of thiazole rings is 1. The first-order valence-corrected chi connectivity index (χ1v) is 11.8. The van der Waals surface area contributed by atoms with Gasteiger partial charge in [0.2, 0.25) is 10.9 Å². The summed E-state index contributed by atoms with van der Waals surface area (Å²) >= 11 is 1.42. The van der Waals surface area contributed by atoms with Crippen molar-refractivity contribution in [3.05, 3.63) is 76.3 Å². The molecule has 180 valence electrons. The van der Waals surface area contributed by atoms with Crippen molar-refractivity contribution in [2.45, 2.75) is 20.8 Å². The SMILES string of the molecule is COc1cc(/C=N/N(C(=O)c2ccc(C)c(C)c2)c2nc3ccc(C)cc3s2)cc(OC)c1OC. The molecule has 0 atom stereocenters. The number of aryl methyl sites for hydroxylation is 3. The summed E-state index contributed by atoms with van der Waals surface area (Å²) in [5.41, 5.74) is 5.30. The van der Waals surface area contributed by atoms with Gasteiger partial charge in [-0.2, -0.15) is 10.1 Å². The highest BCUT2D eigenvalue weighted by Crippen LogP contribution is 2.38. The predicted octanol–water partition coefficient (Wildman–Crippen LogP) is 5.93. The number of hydrogen-bond donors (Lipinski definition) is 0. The monoisotopic (exact) mass is 489 g/mol. The van der Waals surface area contributed by atoms with Crippen LogP contribution in [0.4, 0.5) is 5.13 Å². The number of methoxy groups -OCH3 is 3. The number of nitrogens with zero attached hydrogens (tertiary/aromatic N) is 3. The van der Waals surface area contributed by atoms with E-state index < -0.39 is 0 Å². The maximum atomic E-state index is 13.6. The van der Waals surface area contributed by atoms with E-state index in [0.717, 1.165) is 26.9 Å². The van der Waals surface area contributed by atoms with Crippen molar-refractivity contribution in [2.75, 3.05) is 26.3 Å². The Kier molecular flexibility index (Phi) is 7.02. The summed E-state index contributed by atoms with van der Waals surface area (Å²) in [6.45, 7) is 6.02. The van der Waals surface area contributed by atoms with Crippen molar-refractivity contribution in [2.24, 2.45) is 5.10 Å². The normalized spacial score (nSPS) is 11.1. The molecule has 3 aromatic carbocycles. The molecule has 0 radical (unpaired) electrons. The molecule has 0 aliphatic carbocycles. The van der Waals surface area contributed by atoms with Gasteiger partial charge in [0.1, 0.15) is 0 Å². The summed E-state index contributed by atoms with van der Waals surface area (Å²) in [5, 5.41) is 6.40. The molecule has 8 heteroatoms.